The number of thiophene rings is 1. The number of rotatable bonds is 1. The average Bonchev–Trinajstić information content (AvgIpc) is 3.17. The first kappa shape index (κ1) is 13.3. The van der Waals surface area contributed by atoms with Crippen LogP contribution in [0.1, 0.15) is 63.9 Å². The number of aryl methyl sites for hydroxylation is 1. The molecular formula is C21H30N2OS. The topological polar surface area (TPSA) is 33.3 Å². The van der Waals surface area contributed by atoms with Crippen LogP contribution in [0.25, 0.3) is 0 Å². The molecule has 136 valence electrons. The molecule has 0 saturated carbocycles. The molecule has 5 atom stereocenters. The van der Waals surface area contributed by atoms with Gasteiger partial charge < -0.3 is 10.1 Å². The van der Waals surface area contributed by atoms with Crippen LogP contribution in [0, 0.1) is 25.7 Å². The second-order valence-corrected chi connectivity index (χ2v) is 9.52. The summed E-state index contributed by atoms with van der Waals surface area (Å²) in [4.78, 5) is 2.93. The molecule has 4 heteroatoms. The number of nitrogens with one attached hydrogen (secondary N) is 2. The molecule has 1 aliphatic carbocycles. The van der Waals surface area contributed by atoms with Crippen molar-refractivity contribution < 1.29 is 8.85 Å². The van der Waals surface area contributed by atoms with Crippen LogP contribution in [0.4, 0.5) is 0 Å². The van der Waals surface area contributed by atoms with Gasteiger partial charge in [0.15, 0.2) is 6.23 Å². The van der Waals surface area contributed by atoms with Crippen molar-refractivity contribution in [2.24, 2.45) is 11.8 Å². The predicted molar refractivity (Wildman–Crippen MR) is 103 cm³/mol. The molecule has 0 spiro atoms. The fraction of sp³-hybridized carbons (Fsp3) is 0.714. The molecule has 25 heavy (non-hydrogen) atoms. The van der Waals surface area contributed by atoms with Gasteiger partial charge in [0.25, 0.3) is 0 Å². The van der Waals surface area contributed by atoms with Gasteiger partial charge in [-0.3, -0.25) is 5.32 Å². The average molecular weight is 362 g/mol. The number of hydrogen-bond acceptors (Lipinski definition) is 4. The Hall–Kier alpha value is -0.840. The summed E-state index contributed by atoms with van der Waals surface area (Å²) < 4.78 is 29.8. The molecule has 5 rings (SSSR count). The first-order chi connectivity index (χ1) is 13.3. The second-order valence-electron chi connectivity index (χ2n) is 8.21. The molecule has 2 N–H and O–H groups in total. The largest absolute Gasteiger partial charge is 0.479 e. The Morgan fingerprint density at radius 3 is 3.04 bits per heavy atom. The van der Waals surface area contributed by atoms with Crippen molar-refractivity contribution in [3.63, 3.8) is 0 Å². The smallest absolute Gasteiger partial charge is 0.153 e. The van der Waals surface area contributed by atoms with Gasteiger partial charge in [0.1, 0.15) is 5.76 Å². The summed E-state index contributed by atoms with van der Waals surface area (Å²) in [5.74, 6) is 2.07. The number of hydrogen-bond donors (Lipinski definition) is 2. The third kappa shape index (κ3) is 2.60. The van der Waals surface area contributed by atoms with E-state index in [0.717, 1.165) is 32.2 Å². The lowest BCUT2D eigenvalue weighted by Crippen LogP contribution is -2.45. The van der Waals surface area contributed by atoms with E-state index in [-0.39, 0.29) is 6.23 Å². The summed E-state index contributed by atoms with van der Waals surface area (Å²) in [6.07, 6.45) is 6.09. The van der Waals surface area contributed by atoms with Gasteiger partial charge in [-0.25, -0.2) is 0 Å². The van der Waals surface area contributed by atoms with Crippen molar-refractivity contribution in [3.05, 3.63) is 32.2 Å². The van der Waals surface area contributed by atoms with E-state index in [1.165, 1.54) is 45.1 Å². The van der Waals surface area contributed by atoms with Crippen molar-refractivity contribution in [1.29, 1.82) is 0 Å². The van der Waals surface area contributed by atoms with E-state index >= 15 is 0 Å². The summed E-state index contributed by atoms with van der Waals surface area (Å²) in [6.45, 7) is 3.49. The second kappa shape index (κ2) is 6.11. The molecule has 2 fully saturated rings. The Morgan fingerprint density at radius 2 is 2.16 bits per heavy atom. The molecule has 0 amide bonds. The maximum atomic E-state index is 7.77. The first-order valence-electron chi connectivity index (χ1n) is 11.3. The van der Waals surface area contributed by atoms with Gasteiger partial charge in [-0.2, -0.15) is 0 Å². The van der Waals surface area contributed by atoms with E-state index in [1.807, 2.05) is 11.3 Å². The molecular weight excluding hydrogens is 328 g/mol. The van der Waals surface area contributed by atoms with Crippen LogP contribution in [0.3, 0.4) is 0 Å². The van der Waals surface area contributed by atoms with Crippen LogP contribution in [0.5, 0.6) is 0 Å². The normalized spacial score (nSPS) is 39.6. The Morgan fingerprint density at radius 1 is 1.24 bits per heavy atom. The van der Waals surface area contributed by atoms with Crippen molar-refractivity contribution in [3.8, 4) is 0 Å². The van der Waals surface area contributed by atoms with Gasteiger partial charge in [-0.15, -0.1) is 11.3 Å². The van der Waals surface area contributed by atoms with Crippen molar-refractivity contribution in [2.45, 2.75) is 84.1 Å². The number of allylic oxidation sites excluding steroid dienone is 1. The highest BCUT2D eigenvalue weighted by Gasteiger charge is 2.47. The lowest BCUT2D eigenvalue weighted by molar-refractivity contribution is 0.0575. The summed E-state index contributed by atoms with van der Waals surface area (Å²) >= 11 is 1.93. The van der Waals surface area contributed by atoms with Gasteiger partial charge in [0, 0.05) is 44.3 Å². The van der Waals surface area contributed by atoms with E-state index in [4.69, 9.17) is 8.85 Å². The number of fused-ring (bicyclic) bond motifs is 4. The Kier molecular flexibility index (Phi) is 3.26. The van der Waals surface area contributed by atoms with Gasteiger partial charge in [-0.1, -0.05) is 0 Å². The van der Waals surface area contributed by atoms with Crippen LogP contribution in [-0.4, -0.2) is 18.3 Å². The zero-order valence-electron chi connectivity index (χ0n) is 18.2. The monoisotopic (exact) mass is 361 g/mol. The van der Waals surface area contributed by atoms with Gasteiger partial charge in [0.05, 0.1) is 0 Å². The van der Waals surface area contributed by atoms with Crippen molar-refractivity contribution in [1.82, 2.24) is 10.6 Å². The minimum atomic E-state index is -1.95. The van der Waals surface area contributed by atoms with Crippen LogP contribution >= 0.6 is 11.3 Å². The molecule has 0 aromatic carbocycles. The van der Waals surface area contributed by atoms with Crippen LogP contribution < -0.4 is 10.6 Å². The highest BCUT2D eigenvalue weighted by Crippen LogP contribution is 2.48. The van der Waals surface area contributed by atoms with E-state index in [1.54, 1.807) is 0 Å². The third-order valence-corrected chi connectivity index (χ3v) is 8.11. The summed E-state index contributed by atoms with van der Waals surface area (Å²) in [5.41, 5.74) is 4.46. The van der Waals surface area contributed by atoms with Gasteiger partial charge >= 0.3 is 0 Å². The highest BCUT2D eigenvalue weighted by molar-refractivity contribution is 7.12. The van der Waals surface area contributed by atoms with Crippen molar-refractivity contribution in [2.75, 3.05) is 0 Å². The fourth-order valence-electron chi connectivity index (χ4n) is 5.40. The first-order valence-corrected chi connectivity index (χ1v) is 10.6. The maximum absolute atomic E-state index is 7.77. The van der Waals surface area contributed by atoms with E-state index in [2.05, 4.69) is 24.5 Å². The SMILES string of the molecule is [2H]C([2H])([2H])[C@@H]1CCC2[C@@H]3CCCC([C@H]4Cc5c(sc(C)c5C)CN4)=C3O[C@@H]2N1. The Balaban J connectivity index is 1.41. The summed E-state index contributed by atoms with van der Waals surface area (Å²) in [7, 11) is 0. The maximum Gasteiger partial charge on any atom is 0.153 e. The predicted octanol–water partition coefficient (Wildman–Crippen LogP) is 4.18. The van der Waals surface area contributed by atoms with Crippen LogP contribution in [0.2, 0.25) is 0 Å². The fourth-order valence-corrected chi connectivity index (χ4v) is 6.56. The lowest BCUT2D eigenvalue weighted by atomic mass is 9.75. The van der Waals surface area contributed by atoms with Crippen molar-refractivity contribution >= 4 is 11.3 Å². The highest BCUT2D eigenvalue weighted by atomic mass is 32.1. The van der Waals surface area contributed by atoms with Crippen LogP contribution in [0.15, 0.2) is 11.3 Å². The molecule has 0 radical (unpaired) electrons. The molecule has 0 bridgehead atoms. The molecule has 1 aromatic heterocycles. The minimum absolute atomic E-state index is 0.128. The molecule has 1 unspecified atom stereocenters. The molecule has 2 saturated heterocycles. The Bertz CT molecular complexity index is 815. The quantitative estimate of drug-likeness (QED) is 0.787. The van der Waals surface area contributed by atoms with E-state index < -0.39 is 12.9 Å². The molecule has 4 heterocycles. The molecule has 1 aromatic rings. The van der Waals surface area contributed by atoms with E-state index in [0.29, 0.717) is 17.9 Å². The van der Waals surface area contributed by atoms with Gasteiger partial charge in [-0.05, 0) is 75.9 Å². The molecule has 4 aliphatic rings. The minimum Gasteiger partial charge on any atom is -0.479 e. The summed E-state index contributed by atoms with van der Waals surface area (Å²) in [6, 6.07) is -0.0821. The zero-order chi connectivity index (χ0) is 19.6. The molecule has 3 nitrogen and oxygen atoms in total. The zero-order valence-corrected chi connectivity index (χ0v) is 16.0. The summed E-state index contributed by atoms with van der Waals surface area (Å²) in [5, 5.41) is 7.10. The number of piperidine rings is 1. The molecule has 3 aliphatic heterocycles. The standard InChI is InChI=1S/C21H30N2OS/c1-11-7-8-15-14-5-4-6-16(20(14)24-21(15)23-11)18-9-17-12(2)13(3)25-19(17)10-22-18/h11,14-15,18,21-23H,4-10H2,1-3H3/t11-,14+,15?,18-,21+/m1/s1/i1D3. The van der Waals surface area contributed by atoms with Gasteiger partial charge in [0.2, 0.25) is 0 Å². The van der Waals surface area contributed by atoms with E-state index in [9.17, 15) is 0 Å². The number of ether oxygens (including phenoxy) is 1. The third-order valence-electron chi connectivity index (χ3n) is 6.86. The lowest BCUT2D eigenvalue weighted by Gasteiger charge is -2.33. The Labute approximate surface area is 159 Å². The van der Waals surface area contributed by atoms with Crippen LogP contribution in [-0.2, 0) is 17.7 Å².